The summed E-state index contributed by atoms with van der Waals surface area (Å²) < 4.78 is 32.2. The molecule has 1 N–H and O–H groups in total. The van der Waals surface area contributed by atoms with Gasteiger partial charge in [0, 0.05) is 19.2 Å². The maximum absolute atomic E-state index is 12.6. The van der Waals surface area contributed by atoms with Crippen LogP contribution < -0.4 is 5.32 Å². The molecule has 0 radical (unpaired) electrons. The van der Waals surface area contributed by atoms with Gasteiger partial charge < -0.3 is 9.73 Å². The van der Waals surface area contributed by atoms with Crippen molar-refractivity contribution in [2.45, 2.75) is 58.0 Å². The third kappa shape index (κ3) is 3.84. The molecule has 116 valence electrons. The highest BCUT2D eigenvalue weighted by molar-refractivity contribution is 7.89. The molecule has 1 unspecified atom stereocenters. The fourth-order valence-corrected chi connectivity index (χ4v) is 3.68. The van der Waals surface area contributed by atoms with Crippen LogP contribution in [-0.4, -0.2) is 32.4 Å². The second kappa shape index (κ2) is 7.24. The second-order valence-electron chi connectivity index (χ2n) is 5.07. The van der Waals surface area contributed by atoms with Gasteiger partial charge in [0.1, 0.15) is 16.4 Å². The molecule has 0 amide bonds. The number of furan rings is 1. The van der Waals surface area contributed by atoms with Crippen molar-refractivity contribution >= 4 is 10.0 Å². The van der Waals surface area contributed by atoms with Crippen LogP contribution in [0, 0.1) is 6.92 Å². The van der Waals surface area contributed by atoms with Crippen molar-refractivity contribution in [2.75, 3.05) is 13.6 Å². The Kier molecular flexibility index (Phi) is 6.23. The third-order valence-corrected chi connectivity index (χ3v) is 5.54. The monoisotopic (exact) mass is 302 g/mol. The van der Waals surface area contributed by atoms with Gasteiger partial charge in [-0.3, -0.25) is 0 Å². The molecule has 0 aromatic carbocycles. The lowest BCUT2D eigenvalue weighted by Gasteiger charge is -2.23. The topological polar surface area (TPSA) is 62.6 Å². The number of sulfonamides is 1. The van der Waals surface area contributed by atoms with E-state index in [0.717, 1.165) is 19.4 Å². The van der Waals surface area contributed by atoms with Crippen molar-refractivity contribution in [2.24, 2.45) is 0 Å². The Labute approximate surface area is 122 Å². The van der Waals surface area contributed by atoms with Crippen LogP contribution in [0.15, 0.2) is 15.4 Å². The van der Waals surface area contributed by atoms with E-state index in [4.69, 9.17) is 4.42 Å². The summed E-state index contributed by atoms with van der Waals surface area (Å²) in [5.74, 6) is 1.10. The van der Waals surface area contributed by atoms with Gasteiger partial charge in [-0.15, -0.1) is 0 Å². The zero-order chi connectivity index (χ0) is 15.3. The first-order chi connectivity index (χ1) is 9.34. The van der Waals surface area contributed by atoms with Crippen LogP contribution in [-0.2, 0) is 16.6 Å². The Balaban J connectivity index is 3.00. The normalized spacial score (nSPS) is 13.9. The summed E-state index contributed by atoms with van der Waals surface area (Å²) in [6.45, 7) is 9.02. The number of rotatable bonds is 8. The molecule has 1 aromatic heterocycles. The molecule has 1 rings (SSSR count). The van der Waals surface area contributed by atoms with Crippen molar-refractivity contribution in [3.8, 4) is 0 Å². The minimum absolute atomic E-state index is 0.0171. The second-order valence-corrected chi connectivity index (χ2v) is 7.04. The van der Waals surface area contributed by atoms with Crippen molar-refractivity contribution in [1.29, 1.82) is 0 Å². The fourth-order valence-electron chi connectivity index (χ4n) is 2.11. The van der Waals surface area contributed by atoms with Gasteiger partial charge in [0.25, 0.3) is 0 Å². The third-order valence-electron chi connectivity index (χ3n) is 3.46. The summed E-state index contributed by atoms with van der Waals surface area (Å²) in [5, 5.41) is 3.13. The maximum atomic E-state index is 12.6. The van der Waals surface area contributed by atoms with Gasteiger partial charge in [0.2, 0.25) is 10.0 Å². The van der Waals surface area contributed by atoms with E-state index in [1.807, 2.05) is 13.8 Å². The number of hydrogen-bond acceptors (Lipinski definition) is 4. The molecule has 1 heterocycles. The molecule has 0 aliphatic rings. The van der Waals surface area contributed by atoms with Gasteiger partial charge in [0.05, 0.1) is 6.54 Å². The quantitative estimate of drug-likeness (QED) is 0.801. The predicted molar refractivity (Wildman–Crippen MR) is 80.1 cm³/mol. The summed E-state index contributed by atoms with van der Waals surface area (Å²) in [6.07, 6.45) is 1.80. The molecule has 5 nitrogen and oxygen atoms in total. The van der Waals surface area contributed by atoms with Crippen LogP contribution in [0.25, 0.3) is 0 Å². The Morgan fingerprint density at radius 1 is 1.40 bits per heavy atom. The SMILES string of the molecule is CCCC(C)N(C)S(=O)(=O)c1cc(CNCC)oc1C. The number of aryl methyl sites for hydroxylation is 1. The average Bonchev–Trinajstić information content (AvgIpc) is 2.77. The molecular weight excluding hydrogens is 276 g/mol. The predicted octanol–water partition coefficient (Wildman–Crippen LogP) is 2.51. The van der Waals surface area contributed by atoms with Gasteiger partial charge in [-0.2, -0.15) is 4.31 Å². The number of hydrogen-bond donors (Lipinski definition) is 1. The molecule has 0 fully saturated rings. The van der Waals surface area contributed by atoms with Crippen LogP contribution in [0.5, 0.6) is 0 Å². The first-order valence-corrected chi connectivity index (χ1v) is 8.56. The molecule has 0 spiro atoms. The van der Waals surface area contributed by atoms with Crippen molar-refractivity contribution in [3.63, 3.8) is 0 Å². The molecule has 1 atom stereocenters. The van der Waals surface area contributed by atoms with E-state index in [2.05, 4.69) is 12.2 Å². The highest BCUT2D eigenvalue weighted by Gasteiger charge is 2.28. The van der Waals surface area contributed by atoms with Gasteiger partial charge in [-0.05, 0) is 26.8 Å². The Hall–Kier alpha value is -0.850. The van der Waals surface area contributed by atoms with Crippen LogP contribution in [0.3, 0.4) is 0 Å². The van der Waals surface area contributed by atoms with E-state index in [0.29, 0.717) is 18.1 Å². The zero-order valence-corrected chi connectivity index (χ0v) is 13.9. The number of nitrogens with zero attached hydrogens (tertiary/aromatic N) is 1. The molecular formula is C14H26N2O3S. The average molecular weight is 302 g/mol. The van der Waals surface area contributed by atoms with Crippen molar-refractivity contribution < 1.29 is 12.8 Å². The molecule has 0 saturated heterocycles. The van der Waals surface area contributed by atoms with E-state index in [9.17, 15) is 8.42 Å². The molecule has 6 heteroatoms. The summed E-state index contributed by atoms with van der Waals surface area (Å²) in [7, 11) is -1.85. The van der Waals surface area contributed by atoms with E-state index in [1.54, 1.807) is 20.0 Å². The van der Waals surface area contributed by atoms with Gasteiger partial charge in [-0.1, -0.05) is 20.3 Å². The molecule has 20 heavy (non-hydrogen) atoms. The van der Waals surface area contributed by atoms with Crippen molar-refractivity contribution in [3.05, 3.63) is 17.6 Å². The highest BCUT2D eigenvalue weighted by Crippen LogP contribution is 2.25. The maximum Gasteiger partial charge on any atom is 0.246 e. The lowest BCUT2D eigenvalue weighted by Crippen LogP contribution is -2.35. The minimum Gasteiger partial charge on any atom is -0.464 e. The molecule has 0 aliphatic carbocycles. The molecule has 0 bridgehead atoms. The zero-order valence-electron chi connectivity index (χ0n) is 13.1. The first kappa shape index (κ1) is 17.2. The summed E-state index contributed by atoms with van der Waals surface area (Å²) in [6, 6.07) is 1.61. The lowest BCUT2D eigenvalue weighted by molar-refractivity contribution is 0.367. The van der Waals surface area contributed by atoms with Gasteiger partial charge >= 0.3 is 0 Å². The van der Waals surface area contributed by atoms with Crippen LogP contribution in [0.2, 0.25) is 0 Å². The Bertz CT molecular complexity index is 523. The first-order valence-electron chi connectivity index (χ1n) is 7.12. The number of nitrogens with one attached hydrogen (secondary N) is 1. The summed E-state index contributed by atoms with van der Waals surface area (Å²) >= 11 is 0. The Morgan fingerprint density at radius 3 is 2.60 bits per heavy atom. The molecule has 0 aliphatic heterocycles. The highest BCUT2D eigenvalue weighted by atomic mass is 32.2. The van der Waals surface area contributed by atoms with E-state index in [-0.39, 0.29) is 10.9 Å². The van der Waals surface area contributed by atoms with Crippen molar-refractivity contribution in [1.82, 2.24) is 9.62 Å². The largest absolute Gasteiger partial charge is 0.464 e. The van der Waals surface area contributed by atoms with Gasteiger partial charge in [0.15, 0.2) is 0 Å². The van der Waals surface area contributed by atoms with Crippen LogP contribution in [0.1, 0.15) is 45.1 Å². The fraction of sp³-hybridized carbons (Fsp3) is 0.714. The standard InChI is InChI=1S/C14H26N2O3S/c1-6-8-11(3)16(5)20(17,18)14-9-13(10-15-7-2)19-12(14)4/h9,11,15H,6-8,10H2,1-5H3. The smallest absolute Gasteiger partial charge is 0.246 e. The van der Waals surface area contributed by atoms with Gasteiger partial charge in [-0.25, -0.2) is 8.42 Å². The van der Waals surface area contributed by atoms with E-state index < -0.39 is 10.0 Å². The summed E-state index contributed by atoms with van der Waals surface area (Å²) in [4.78, 5) is 0.274. The lowest BCUT2D eigenvalue weighted by atomic mass is 10.2. The van der Waals surface area contributed by atoms with Crippen LogP contribution in [0.4, 0.5) is 0 Å². The summed E-state index contributed by atoms with van der Waals surface area (Å²) in [5.41, 5.74) is 0. The van der Waals surface area contributed by atoms with E-state index in [1.165, 1.54) is 4.31 Å². The molecule has 1 aromatic rings. The Morgan fingerprint density at radius 2 is 2.05 bits per heavy atom. The molecule has 0 saturated carbocycles. The minimum atomic E-state index is -3.48. The van der Waals surface area contributed by atoms with E-state index >= 15 is 0 Å². The van der Waals surface area contributed by atoms with Crippen LogP contribution >= 0.6 is 0 Å².